The normalized spacial score (nSPS) is 10.2. The zero-order chi connectivity index (χ0) is 12.0. The summed E-state index contributed by atoms with van der Waals surface area (Å²) in [7, 11) is 0. The van der Waals surface area contributed by atoms with Gasteiger partial charge in [0.15, 0.2) is 0 Å². The molecule has 0 aliphatic carbocycles. The van der Waals surface area contributed by atoms with Crippen LogP contribution in [0, 0.1) is 6.92 Å². The zero-order valence-electron chi connectivity index (χ0n) is 9.00. The summed E-state index contributed by atoms with van der Waals surface area (Å²) in [5.41, 5.74) is 1.71. The largest absolute Gasteiger partial charge is 0.396 e. The highest BCUT2D eigenvalue weighted by Crippen LogP contribution is 2.20. The number of anilines is 1. The van der Waals surface area contributed by atoms with Crippen molar-refractivity contribution in [1.82, 2.24) is 0 Å². The van der Waals surface area contributed by atoms with Gasteiger partial charge in [0.05, 0.1) is 12.4 Å². The molecule has 1 aromatic carbocycles. The number of aliphatic hydroxyl groups is 1. The van der Waals surface area contributed by atoms with Crippen LogP contribution in [-0.2, 0) is 4.79 Å². The first kappa shape index (κ1) is 13.4. The Morgan fingerprint density at radius 2 is 2.31 bits per heavy atom. The van der Waals surface area contributed by atoms with Crippen molar-refractivity contribution >= 4 is 35.0 Å². The van der Waals surface area contributed by atoms with Crippen molar-refractivity contribution in [2.24, 2.45) is 0 Å². The van der Waals surface area contributed by atoms with Gasteiger partial charge in [0, 0.05) is 16.5 Å². The fourth-order valence-electron chi connectivity index (χ4n) is 1.14. The van der Waals surface area contributed by atoms with Crippen LogP contribution in [0.5, 0.6) is 0 Å². The van der Waals surface area contributed by atoms with Crippen LogP contribution >= 0.6 is 23.4 Å². The van der Waals surface area contributed by atoms with E-state index < -0.39 is 0 Å². The summed E-state index contributed by atoms with van der Waals surface area (Å²) in [5, 5.41) is 12.0. The number of thioether (sulfide) groups is 1. The lowest BCUT2D eigenvalue weighted by Crippen LogP contribution is -2.15. The van der Waals surface area contributed by atoms with E-state index in [9.17, 15) is 4.79 Å². The highest BCUT2D eigenvalue weighted by Gasteiger charge is 2.05. The molecule has 88 valence electrons. The molecule has 16 heavy (non-hydrogen) atoms. The summed E-state index contributed by atoms with van der Waals surface area (Å²) in [5.74, 6) is 0.831. The summed E-state index contributed by atoms with van der Waals surface area (Å²) in [6.07, 6.45) is 0. The minimum Gasteiger partial charge on any atom is -0.396 e. The van der Waals surface area contributed by atoms with Crippen molar-refractivity contribution in [2.45, 2.75) is 6.92 Å². The molecule has 3 nitrogen and oxygen atoms in total. The molecule has 0 unspecified atom stereocenters. The number of carbonyl (C=O) groups excluding carboxylic acids is 1. The summed E-state index contributed by atoms with van der Waals surface area (Å²) in [4.78, 5) is 11.5. The molecular weight excluding hydrogens is 246 g/mol. The van der Waals surface area contributed by atoms with Crippen LogP contribution in [0.3, 0.4) is 0 Å². The quantitative estimate of drug-likeness (QED) is 0.798. The molecule has 0 aromatic heterocycles. The molecule has 0 saturated carbocycles. The number of rotatable bonds is 5. The van der Waals surface area contributed by atoms with Crippen LogP contribution < -0.4 is 5.32 Å². The van der Waals surface area contributed by atoms with Gasteiger partial charge in [-0.3, -0.25) is 4.79 Å². The first-order valence-corrected chi connectivity index (χ1v) is 6.41. The fraction of sp³-hybridized carbons (Fsp3) is 0.364. The number of aryl methyl sites for hydroxylation is 1. The van der Waals surface area contributed by atoms with Crippen LogP contribution in [-0.4, -0.2) is 29.1 Å². The molecular formula is C11H14ClNO2S. The maximum absolute atomic E-state index is 11.5. The van der Waals surface area contributed by atoms with Crippen molar-refractivity contribution in [1.29, 1.82) is 0 Å². The molecule has 0 radical (unpaired) electrons. The highest BCUT2D eigenvalue weighted by atomic mass is 35.5. The predicted octanol–water partition coefficient (Wildman–Crippen LogP) is 2.31. The van der Waals surface area contributed by atoms with Crippen LogP contribution in [0.4, 0.5) is 5.69 Å². The Balaban J connectivity index is 2.52. The van der Waals surface area contributed by atoms with Gasteiger partial charge in [-0.25, -0.2) is 0 Å². The molecule has 0 atom stereocenters. The molecule has 0 heterocycles. The second-order valence-corrected chi connectivity index (χ2v) is 4.83. The number of hydrogen-bond donors (Lipinski definition) is 2. The van der Waals surface area contributed by atoms with E-state index >= 15 is 0 Å². The molecule has 0 bridgehead atoms. The van der Waals surface area contributed by atoms with Crippen molar-refractivity contribution in [2.75, 3.05) is 23.4 Å². The molecule has 0 aliphatic rings. The van der Waals surface area contributed by atoms with E-state index in [0.717, 1.165) is 11.3 Å². The third-order valence-electron chi connectivity index (χ3n) is 1.94. The molecule has 0 saturated heterocycles. The number of aliphatic hydroxyl groups excluding tert-OH is 1. The minimum atomic E-state index is -0.0798. The fourth-order valence-corrected chi connectivity index (χ4v) is 1.85. The van der Waals surface area contributed by atoms with E-state index in [0.29, 0.717) is 16.5 Å². The van der Waals surface area contributed by atoms with Gasteiger partial charge < -0.3 is 10.4 Å². The Hall–Kier alpha value is -0.710. The average molecular weight is 260 g/mol. The topological polar surface area (TPSA) is 49.3 Å². The van der Waals surface area contributed by atoms with Gasteiger partial charge in [0.2, 0.25) is 5.91 Å². The molecule has 0 aliphatic heterocycles. The first-order valence-electron chi connectivity index (χ1n) is 4.88. The van der Waals surface area contributed by atoms with Crippen LogP contribution in [0.2, 0.25) is 5.02 Å². The van der Waals surface area contributed by atoms with Crippen molar-refractivity contribution < 1.29 is 9.90 Å². The van der Waals surface area contributed by atoms with Crippen molar-refractivity contribution in [3.8, 4) is 0 Å². The predicted molar refractivity (Wildman–Crippen MR) is 69.2 cm³/mol. The average Bonchev–Trinajstić information content (AvgIpc) is 2.24. The lowest BCUT2D eigenvalue weighted by molar-refractivity contribution is -0.113. The third kappa shape index (κ3) is 4.43. The summed E-state index contributed by atoms with van der Waals surface area (Å²) in [6, 6.07) is 5.37. The lowest BCUT2D eigenvalue weighted by atomic mass is 10.2. The highest BCUT2D eigenvalue weighted by molar-refractivity contribution is 7.99. The van der Waals surface area contributed by atoms with E-state index in [1.54, 1.807) is 12.1 Å². The number of halogens is 1. The van der Waals surface area contributed by atoms with Gasteiger partial charge in [-0.2, -0.15) is 0 Å². The molecule has 0 fully saturated rings. The second-order valence-electron chi connectivity index (χ2n) is 3.28. The number of amides is 1. The van der Waals surface area contributed by atoms with Crippen LogP contribution in [0.1, 0.15) is 5.56 Å². The maximum atomic E-state index is 11.5. The Morgan fingerprint density at radius 3 is 3.00 bits per heavy atom. The second kappa shape index (κ2) is 6.78. The first-order chi connectivity index (χ1) is 7.63. The van der Waals surface area contributed by atoms with Crippen molar-refractivity contribution in [3.05, 3.63) is 28.8 Å². The van der Waals surface area contributed by atoms with E-state index in [2.05, 4.69) is 5.32 Å². The number of nitrogens with one attached hydrogen (secondary N) is 1. The SMILES string of the molecule is Cc1ccc(Cl)cc1NC(=O)CSCCO. The smallest absolute Gasteiger partial charge is 0.234 e. The van der Waals surface area contributed by atoms with E-state index in [4.69, 9.17) is 16.7 Å². The van der Waals surface area contributed by atoms with Crippen molar-refractivity contribution in [3.63, 3.8) is 0 Å². The van der Waals surface area contributed by atoms with Crippen LogP contribution in [0.15, 0.2) is 18.2 Å². The molecule has 1 rings (SSSR count). The summed E-state index contributed by atoms with van der Waals surface area (Å²) < 4.78 is 0. The molecule has 0 spiro atoms. The number of hydrogen-bond acceptors (Lipinski definition) is 3. The third-order valence-corrected chi connectivity index (χ3v) is 3.12. The monoisotopic (exact) mass is 259 g/mol. The molecule has 1 amide bonds. The maximum Gasteiger partial charge on any atom is 0.234 e. The van der Waals surface area contributed by atoms with Gasteiger partial charge >= 0.3 is 0 Å². The lowest BCUT2D eigenvalue weighted by Gasteiger charge is -2.08. The standard InChI is InChI=1S/C11H14ClNO2S/c1-8-2-3-9(12)6-10(8)13-11(15)7-16-5-4-14/h2-3,6,14H,4-5,7H2,1H3,(H,13,15). The van der Waals surface area contributed by atoms with Gasteiger partial charge in [-0.15, -0.1) is 11.8 Å². The van der Waals surface area contributed by atoms with E-state index in [1.807, 2.05) is 13.0 Å². The summed E-state index contributed by atoms with van der Waals surface area (Å²) in [6.45, 7) is 2.00. The van der Waals surface area contributed by atoms with Gasteiger partial charge in [-0.05, 0) is 24.6 Å². The molecule has 2 N–H and O–H groups in total. The Bertz CT molecular complexity index is 371. The van der Waals surface area contributed by atoms with Gasteiger partial charge in [0.25, 0.3) is 0 Å². The Kier molecular flexibility index (Phi) is 5.66. The Morgan fingerprint density at radius 1 is 1.56 bits per heavy atom. The molecule has 5 heteroatoms. The van der Waals surface area contributed by atoms with E-state index in [-0.39, 0.29) is 12.5 Å². The number of benzene rings is 1. The minimum absolute atomic E-state index is 0.0798. The zero-order valence-corrected chi connectivity index (χ0v) is 10.6. The molecule has 1 aromatic rings. The van der Waals surface area contributed by atoms with Gasteiger partial charge in [0.1, 0.15) is 0 Å². The van der Waals surface area contributed by atoms with E-state index in [1.165, 1.54) is 11.8 Å². The van der Waals surface area contributed by atoms with Gasteiger partial charge in [-0.1, -0.05) is 17.7 Å². The van der Waals surface area contributed by atoms with Crippen LogP contribution in [0.25, 0.3) is 0 Å². The summed E-state index contributed by atoms with van der Waals surface area (Å²) >= 11 is 7.23. The number of carbonyl (C=O) groups is 1. The Labute approximate surface area is 104 Å².